The van der Waals surface area contributed by atoms with Crippen LogP contribution in [-0.4, -0.2) is 32.4 Å². The second kappa shape index (κ2) is 5.75. The van der Waals surface area contributed by atoms with Gasteiger partial charge in [0.15, 0.2) is 0 Å². The van der Waals surface area contributed by atoms with Gasteiger partial charge in [-0.1, -0.05) is 6.07 Å². The maximum atomic E-state index is 4.36. The van der Waals surface area contributed by atoms with E-state index in [9.17, 15) is 0 Å². The first-order chi connectivity index (χ1) is 9.90. The van der Waals surface area contributed by atoms with Crippen LogP contribution in [0.4, 0.5) is 11.4 Å². The van der Waals surface area contributed by atoms with Gasteiger partial charge in [0, 0.05) is 0 Å². The highest BCUT2D eigenvalue weighted by Gasteiger charge is 1.93. The van der Waals surface area contributed by atoms with Gasteiger partial charge in [0.1, 0.15) is 0 Å². The normalized spacial score (nSPS) is 11.6. The molecule has 0 saturated carbocycles. The zero-order valence-corrected chi connectivity index (χ0v) is 10.6. The average Bonchev–Trinajstić information content (AvgIpc) is 3.17. The van der Waals surface area contributed by atoms with E-state index in [1.54, 1.807) is 37.5 Å². The van der Waals surface area contributed by atoms with Crippen LogP contribution in [0.25, 0.3) is 0 Å². The van der Waals surface area contributed by atoms with E-state index >= 15 is 0 Å². The molecule has 0 amide bonds. The van der Waals surface area contributed by atoms with Gasteiger partial charge >= 0.3 is 0 Å². The largest absolute Gasteiger partial charge is 0.344 e. The predicted octanol–water partition coefficient (Wildman–Crippen LogP) is 2.63. The SMILES string of the molecule is C(=Nc1cccc(N=Cc2cnc[nH]2)c1)c1cnc[nH]1. The minimum absolute atomic E-state index is 0.832. The highest BCUT2D eigenvalue weighted by atomic mass is 14.9. The maximum Gasteiger partial charge on any atom is 0.0924 e. The molecule has 0 radical (unpaired) electrons. The molecule has 0 fully saturated rings. The summed E-state index contributed by atoms with van der Waals surface area (Å²) in [7, 11) is 0. The minimum Gasteiger partial charge on any atom is -0.344 e. The Balaban J connectivity index is 1.76. The number of hydrogen-bond acceptors (Lipinski definition) is 4. The molecule has 0 aliphatic rings. The Bertz CT molecular complexity index is 650. The van der Waals surface area contributed by atoms with E-state index < -0.39 is 0 Å². The second-order valence-electron chi connectivity index (χ2n) is 4.05. The standard InChI is InChI=1S/C14H12N6/c1-2-11(17-7-13-5-15-9-19-13)4-12(3-1)18-8-14-6-16-10-20-14/h1-10H,(H,15,19)(H,16,20). The van der Waals surface area contributed by atoms with Crippen LogP contribution < -0.4 is 0 Å². The van der Waals surface area contributed by atoms with Crippen molar-refractivity contribution in [3.8, 4) is 0 Å². The van der Waals surface area contributed by atoms with Gasteiger partial charge in [0.05, 0.1) is 60.2 Å². The number of aromatic amines is 2. The lowest BCUT2D eigenvalue weighted by Gasteiger charge is -1.96. The Hall–Kier alpha value is -3.02. The molecular weight excluding hydrogens is 252 g/mol. The Morgan fingerprint density at radius 3 is 1.85 bits per heavy atom. The average molecular weight is 264 g/mol. The van der Waals surface area contributed by atoms with E-state index in [0.717, 1.165) is 22.8 Å². The molecule has 2 aromatic heterocycles. The van der Waals surface area contributed by atoms with Gasteiger partial charge in [-0.3, -0.25) is 9.98 Å². The quantitative estimate of drug-likeness (QED) is 0.710. The van der Waals surface area contributed by atoms with Crippen molar-refractivity contribution in [3.05, 3.63) is 60.7 Å². The van der Waals surface area contributed by atoms with E-state index in [0.29, 0.717) is 0 Å². The Labute approximate surface area is 115 Å². The van der Waals surface area contributed by atoms with Crippen LogP contribution in [0.15, 0.2) is 59.3 Å². The number of imidazole rings is 2. The molecule has 98 valence electrons. The molecule has 0 bridgehead atoms. The number of benzene rings is 1. The topological polar surface area (TPSA) is 82.1 Å². The maximum absolute atomic E-state index is 4.36. The number of aromatic nitrogens is 4. The summed E-state index contributed by atoms with van der Waals surface area (Å²) in [5.41, 5.74) is 3.38. The van der Waals surface area contributed by atoms with Gasteiger partial charge in [-0.25, -0.2) is 9.97 Å². The summed E-state index contributed by atoms with van der Waals surface area (Å²) in [5.74, 6) is 0. The lowest BCUT2D eigenvalue weighted by molar-refractivity contribution is 1.31. The summed E-state index contributed by atoms with van der Waals surface area (Å²) < 4.78 is 0. The Morgan fingerprint density at radius 2 is 1.40 bits per heavy atom. The monoisotopic (exact) mass is 264 g/mol. The van der Waals surface area contributed by atoms with Crippen LogP contribution in [-0.2, 0) is 0 Å². The van der Waals surface area contributed by atoms with E-state index in [2.05, 4.69) is 29.9 Å². The van der Waals surface area contributed by atoms with Crippen LogP contribution in [0, 0.1) is 0 Å². The first-order valence-corrected chi connectivity index (χ1v) is 6.05. The van der Waals surface area contributed by atoms with Crippen LogP contribution in [0.1, 0.15) is 11.4 Å². The van der Waals surface area contributed by atoms with Crippen molar-refractivity contribution in [1.82, 2.24) is 19.9 Å². The second-order valence-corrected chi connectivity index (χ2v) is 4.05. The van der Waals surface area contributed by atoms with Crippen LogP contribution >= 0.6 is 0 Å². The smallest absolute Gasteiger partial charge is 0.0924 e. The highest BCUT2D eigenvalue weighted by Crippen LogP contribution is 2.20. The summed E-state index contributed by atoms with van der Waals surface area (Å²) in [5, 5.41) is 0. The zero-order valence-electron chi connectivity index (χ0n) is 10.6. The van der Waals surface area contributed by atoms with E-state index in [4.69, 9.17) is 0 Å². The van der Waals surface area contributed by atoms with Gasteiger partial charge in [-0.2, -0.15) is 0 Å². The molecule has 2 N–H and O–H groups in total. The Morgan fingerprint density at radius 1 is 0.850 bits per heavy atom. The zero-order chi connectivity index (χ0) is 13.6. The van der Waals surface area contributed by atoms with Gasteiger partial charge < -0.3 is 9.97 Å². The fraction of sp³-hybridized carbons (Fsp3) is 0. The molecule has 3 aromatic rings. The number of nitrogens with zero attached hydrogens (tertiary/aromatic N) is 4. The van der Waals surface area contributed by atoms with E-state index in [1.165, 1.54) is 0 Å². The predicted molar refractivity (Wildman–Crippen MR) is 78.1 cm³/mol. The molecule has 6 heteroatoms. The molecule has 0 aliphatic carbocycles. The van der Waals surface area contributed by atoms with Gasteiger partial charge in [-0.05, 0) is 18.2 Å². The Kier molecular flexibility index (Phi) is 3.46. The van der Waals surface area contributed by atoms with Crippen molar-refractivity contribution >= 4 is 23.8 Å². The van der Waals surface area contributed by atoms with Crippen molar-refractivity contribution in [3.63, 3.8) is 0 Å². The van der Waals surface area contributed by atoms with Crippen LogP contribution in [0.2, 0.25) is 0 Å². The third-order valence-electron chi connectivity index (χ3n) is 2.57. The third kappa shape index (κ3) is 3.05. The molecule has 1 aromatic carbocycles. The summed E-state index contributed by atoms with van der Waals surface area (Å²) >= 11 is 0. The molecule has 2 heterocycles. The molecule has 20 heavy (non-hydrogen) atoms. The van der Waals surface area contributed by atoms with Gasteiger partial charge in [0.2, 0.25) is 0 Å². The number of hydrogen-bond donors (Lipinski definition) is 2. The lowest BCUT2D eigenvalue weighted by Crippen LogP contribution is -1.79. The molecule has 3 rings (SSSR count). The third-order valence-corrected chi connectivity index (χ3v) is 2.57. The fourth-order valence-electron chi connectivity index (χ4n) is 1.62. The summed E-state index contributed by atoms with van der Waals surface area (Å²) in [6, 6.07) is 7.66. The lowest BCUT2D eigenvalue weighted by atomic mass is 10.3. The van der Waals surface area contributed by atoms with E-state index in [-0.39, 0.29) is 0 Å². The number of rotatable bonds is 4. The van der Waals surface area contributed by atoms with Crippen LogP contribution in [0.3, 0.4) is 0 Å². The first-order valence-electron chi connectivity index (χ1n) is 6.05. The summed E-state index contributed by atoms with van der Waals surface area (Å²) in [6.45, 7) is 0. The van der Waals surface area contributed by atoms with Crippen molar-refractivity contribution < 1.29 is 0 Å². The van der Waals surface area contributed by atoms with Crippen molar-refractivity contribution in [2.24, 2.45) is 9.98 Å². The number of nitrogens with one attached hydrogen (secondary N) is 2. The molecule has 0 saturated heterocycles. The first kappa shape index (κ1) is 12.0. The van der Waals surface area contributed by atoms with Gasteiger partial charge in [-0.15, -0.1) is 0 Å². The highest BCUT2D eigenvalue weighted by molar-refractivity contribution is 5.81. The number of aliphatic imine (C=N–C) groups is 2. The molecule has 0 atom stereocenters. The van der Waals surface area contributed by atoms with Gasteiger partial charge in [0.25, 0.3) is 0 Å². The molecular formula is C14H12N6. The molecule has 6 nitrogen and oxygen atoms in total. The van der Waals surface area contributed by atoms with Crippen molar-refractivity contribution in [1.29, 1.82) is 0 Å². The number of H-pyrrole nitrogens is 2. The minimum atomic E-state index is 0.832. The summed E-state index contributed by atoms with van der Waals surface area (Å²) in [6.07, 6.45) is 10.1. The molecule has 0 unspecified atom stereocenters. The van der Waals surface area contributed by atoms with Crippen LogP contribution in [0.5, 0.6) is 0 Å². The van der Waals surface area contributed by atoms with E-state index in [1.807, 2.05) is 24.3 Å². The molecule has 0 spiro atoms. The van der Waals surface area contributed by atoms with Crippen molar-refractivity contribution in [2.45, 2.75) is 0 Å². The summed E-state index contributed by atoms with van der Waals surface area (Å²) in [4.78, 5) is 22.5. The van der Waals surface area contributed by atoms with Crippen molar-refractivity contribution in [2.75, 3.05) is 0 Å². The fourth-order valence-corrected chi connectivity index (χ4v) is 1.62. The molecule has 0 aliphatic heterocycles.